The second-order valence-electron chi connectivity index (χ2n) is 6.05. The highest BCUT2D eigenvalue weighted by molar-refractivity contribution is 4.87. The minimum absolute atomic E-state index is 0.479. The molecule has 3 heteroatoms. The van der Waals surface area contributed by atoms with Gasteiger partial charge in [0.1, 0.15) is 0 Å². The molecule has 108 valence electrons. The highest BCUT2D eigenvalue weighted by Gasteiger charge is 2.31. The summed E-state index contributed by atoms with van der Waals surface area (Å²) in [4.78, 5) is 0. The van der Waals surface area contributed by atoms with Gasteiger partial charge in [-0.05, 0) is 37.6 Å². The van der Waals surface area contributed by atoms with E-state index in [1.807, 2.05) is 0 Å². The van der Waals surface area contributed by atoms with Crippen LogP contribution in [0.3, 0.4) is 0 Å². The van der Waals surface area contributed by atoms with Crippen molar-refractivity contribution in [1.29, 1.82) is 0 Å². The molecule has 0 aromatic carbocycles. The molecule has 0 amide bonds. The van der Waals surface area contributed by atoms with Crippen LogP contribution in [0.25, 0.3) is 0 Å². The summed E-state index contributed by atoms with van der Waals surface area (Å²) in [6.45, 7) is 8.21. The normalized spacial score (nSPS) is 23.2. The minimum atomic E-state index is 0.479. The minimum Gasteiger partial charge on any atom is -0.382 e. The molecule has 3 nitrogen and oxygen atoms in total. The summed E-state index contributed by atoms with van der Waals surface area (Å²) in [5.41, 5.74) is 0.479. The van der Waals surface area contributed by atoms with E-state index in [1.165, 1.54) is 32.1 Å². The Balaban J connectivity index is 1.97. The van der Waals surface area contributed by atoms with Crippen molar-refractivity contribution in [1.82, 2.24) is 5.32 Å². The highest BCUT2D eigenvalue weighted by atomic mass is 16.5. The third kappa shape index (κ3) is 6.17. The van der Waals surface area contributed by atoms with E-state index in [4.69, 9.17) is 9.47 Å². The monoisotopic (exact) mass is 257 g/mol. The van der Waals surface area contributed by atoms with E-state index in [-0.39, 0.29) is 0 Å². The maximum Gasteiger partial charge on any atom is 0.0700 e. The van der Waals surface area contributed by atoms with Gasteiger partial charge < -0.3 is 14.8 Å². The molecule has 1 aliphatic rings. The SMILES string of the molecule is COCCOCCCCNC1CCCCC1(C)C. The molecule has 18 heavy (non-hydrogen) atoms. The van der Waals surface area contributed by atoms with Crippen LogP contribution in [0.15, 0.2) is 0 Å². The molecule has 0 saturated heterocycles. The summed E-state index contributed by atoms with van der Waals surface area (Å²) >= 11 is 0. The first-order valence-corrected chi connectivity index (χ1v) is 7.47. The molecule has 1 N–H and O–H groups in total. The molecule has 0 spiro atoms. The Morgan fingerprint density at radius 3 is 2.67 bits per heavy atom. The second kappa shape index (κ2) is 8.89. The molecule has 0 aromatic heterocycles. The van der Waals surface area contributed by atoms with Crippen LogP contribution in [-0.2, 0) is 9.47 Å². The topological polar surface area (TPSA) is 30.5 Å². The number of nitrogens with one attached hydrogen (secondary N) is 1. The van der Waals surface area contributed by atoms with Crippen LogP contribution in [0, 0.1) is 5.41 Å². The number of rotatable bonds is 9. The fourth-order valence-corrected chi connectivity index (χ4v) is 2.72. The lowest BCUT2D eigenvalue weighted by atomic mass is 9.73. The van der Waals surface area contributed by atoms with Crippen LogP contribution < -0.4 is 5.32 Å². The Kier molecular flexibility index (Phi) is 7.87. The molecular formula is C15H31NO2. The maximum absolute atomic E-state index is 5.45. The van der Waals surface area contributed by atoms with E-state index in [0.29, 0.717) is 18.1 Å². The van der Waals surface area contributed by atoms with Gasteiger partial charge in [0.2, 0.25) is 0 Å². The van der Waals surface area contributed by atoms with Crippen molar-refractivity contribution < 1.29 is 9.47 Å². The van der Waals surface area contributed by atoms with Crippen molar-refractivity contribution >= 4 is 0 Å². The predicted molar refractivity (Wildman–Crippen MR) is 76.0 cm³/mol. The highest BCUT2D eigenvalue weighted by Crippen LogP contribution is 2.35. The Bertz CT molecular complexity index is 207. The molecule has 0 aromatic rings. The van der Waals surface area contributed by atoms with Gasteiger partial charge in [0.25, 0.3) is 0 Å². The summed E-state index contributed by atoms with van der Waals surface area (Å²) in [5.74, 6) is 0. The number of hydrogen-bond donors (Lipinski definition) is 1. The fourth-order valence-electron chi connectivity index (χ4n) is 2.72. The third-order valence-electron chi connectivity index (χ3n) is 4.05. The Morgan fingerprint density at radius 1 is 1.11 bits per heavy atom. The van der Waals surface area contributed by atoms with E-state index in [1.54, 1.807) is 7.11 Å². The molecule has 1 fully saturated rings. The molecule has 0 aliphatic heterocycles. The number of unbranched alkanes of at least 4 members (excludes halogenated alkanes) is 1. The molecular weight excluding hydrogens is 226 g/mol. The van der Waals surface area contributed by atoms with Crippen molar-refractivity contribution in [3.8, 4) is 0 Å². The van der Waals surface area contributed by atoms with Gasteiger partial charge >= 0.3 is 0 Å². The van der Waals surface area contributed by atoms with Gasteiger partial charge in [-0.25, -0.2) is 0 Å². The summed E-state index contributed by atoms with van der Waals surface area (Å²) < 4.78 is 10.4. The third-order valence-corrected chi connectivity index (χ3v) is 4.05. The van der Waals surface area contributed by atoms with Crippen molar-refractivity contribution in [3.63, 3.8) is 0 Å². The smallest absolute Gasteiger partial charge is 0.0700 e. The largest absolute Gasteiger partial charge is 0.382 e. The van der Waals surface area contributed by atoms with Gasteiger partial charge in [0, 0.05) is 19.8 Å². The summed E-state index contributed by atoms with van der Waals surface area (Å²) in [6.07, 6.45) is 7.85. The van der Waals surface area contributed by atoms with Crippen LogP contribution >= 0.6 is 0 Å². The Hall–Kier alpha value is -0.120. The number of methoxy groups -OCH3 is 1. The fraction of sp³-hybridized carbons (Fsp3) is 1.00. The second-order valence-corrected chi connectivity index (χ2v) is 6.05. The Labute approximate surface area is 113 Å². The van der Waals surface area contributed by atoms with Crippen LogP contribution in [0.1, 0.15) is 52.4 Å². The molecule has 1 atom stereocenters. The quantitative estimate of drug-likeness (QED) is 0.644. The first-order chi connectivity index (χ1) is 8.67. The van der Waals surface area contributed by atoms with Gasteiger partial charge in [-0.2, -0.15) is 0 Å². The van der Waals surface area contributed by atoms with Gasteiger partial charge in [0.15, 0.2) is 0 Å². The lowest BCUT2D eigenvalue weighted by Gasteiger charge is -2.39. The Morgan fingerprint density at radius 2 is 1.94 bits per heavy atom. The molecule has 0 bridgehead atoms. The van der Waals surface area contributed by atoms with E-state index < -0.39 is 0 Å². The zero-order valence-corrected chi connectivity index (χ0v) is 12.5. The van der Waals surface area contributed by atoms with Crippen molar-refractivity contribution in [2.45, 2.75) is 58.4 Å². The standard InChI is InChI=1S/C15H31NO2/c1-15(2)9-5-4-8-14(15)16-10-6-7-11-18-13-12-17-3/h14,16H,4-13H2,1-3H3. The first-order valence-electron chi connectivity index (χ1n) is 7.47. The molecule has 1 unspecified atom stereocenters. The lowest BCUT2D eigenvalue weighted by molar-refractivity contribution is 0.0684. The number of ether oxygens (including phenoxy) is 2. The summed E-state index contributed by atoms with van der Waals surface area (Å²) in [6, 6.07) is 0.709. The van der Waals surface area contributed by atoms with Gasteiger partial charge in [0.05, 0.1) is 13.2 Å². The summed E-state index contributed by atoms with van der Waals surface area (Å²) in [7, 11) is 1.71. The average molecular weight is 257 g/mol. The van der Waals surface area contributed by atoms with E-state index in [2.05, 4.69) is 19.2 Å². The van der Waals surface area contributed by atoms with Crippen LogP contribution in [0.2, 0.25) is 0 Å². The van der Waals surface area contributed by atoms with E-state index in [9.17, 15) is 0 Å². The predicted octanol–water partition coefficient (Wildman–Crippen LogP) is 2.99. The molecule has 0 heterocycles. The van der Waals surface area contributed by atoms with E-state index in [0.717, 1.165) is 26.2 Å². The van der Waals surface area contributed by atoms with Gasteiger partial charge in [-0.3, -0.25) is 0 Å². The molecule has 1 rings (SSSR count). The molecule has 0 radical (unpaired) electrons. The van der Waals surface area contributed by atoms with Crippen molar-refractivity contribution in [3.05, 3.63) is 0 Å². The first kappa shape index (κ1) is 15.9. The molecule has 1 saturated carbocycles. The van der Waals surface area contributed by atoms with Gasteiger partial charge in [-0.15, -0.1) is 0 Å². The maximum atomic E-state index is 5.45. The van der Waals surface area contributed by atoms with E-state index >= 15 is 0 Å². The van der Waals surface area contributed by atoms with Crippen molar-refractivity contribution in [2.75, 3.05) is 33.5 Å². The van der Waals surface area contributed by atoms with Crippen LogP contribution in [-0.4, -0.2) is 39.5 Å². The van der Waals surface area contributed by atoms with Crippen LogP contribution in [0.5, 0.6) is 0 Å². The van der Waals surface area contributed by atoms with Gasteiger partial charge in [-0.1, -0.05) is 26.7 Å². The number of hydrogen-bond acceptors (Lipinski definition) is 3. The molecule has 1 aliphatic carbocycles. The average Bonchev–Trinajstić information content (AvgIpc) is 2.34. The lowest BCUT2D eigenvalue weighted by Crippen LogP contribution is -2.44. The van der Waals surface area contributed by atoms with Crippen LogP contribution in [0.4, 0.5) is 0 Å². The summed E-state index contributed by atoms with van der Waals surface area (Å²) in [5, 5.41) is 3.73. The zero-order valence-electron chi connectivity index (χ0n) is 12.5. The zero-order chi connectivity index (χ0) is 13.3. The van der Waals surface area contributed by atoms with Crippen molar-refractivity contribution in [2.24, 2.45) is 5.41 Å².